The summed E-state index contributed by atoms with van der Waals surface area (Å²) in [4.78, 5) is 17.9. The second-order valence-electron chi connectivity index (χ2n) is 11.3. The van der Waals surface area contributed by atoms with Crippen LogP contribution < -0.4 is 4.90 Å². The quantitative estimate of drug-likeness (QED) is 0.257. The Labute approximate surface area is 237 Å². The summed E-state index contributed by atoms with van der Waals surface area (Å²) >= 11 is 0. The third-order valence-electron chi connectivity index (χ3n) is 8.07. The Morgan fingerprint density at radius 3 is 2.17 bits per heavy atom. The number of piperazine rings is 1. The summed E-state index contributed by atoms with van der Waals surface area (Å²) in [7, 11) is 0. The SMILES string of the molecule is CC1(CCCCN2CCN(c3ccccn3)CC2)COC(c2nc(-c3ccccc3)c(-c3ccccc3)[nH]2)OC1. The highest BCUT2D eigenvalue weighted by Crippen LogP contribution is 2.37. The molecule has 7 heteroatoms. The lowest BCUT2D eigenvalue weighted by Crippen LogP contribution is -2.47. The van der Waals surface area contributed by atoms with Crippen LogP contribution in [0.4, 0.5) is 5.82 Å². The predicted molar refractivity (Wildman–Crippen MR) is 159 cm³/mol. The van der Waals surface area contributed by atoms with Crippen molar-refractivity contribution in [2.24, 2.45) is 5.41 Å². The van der Waals surface area contributed by atoms with Crippen LogP contribution in [0.15, 0.2) is 85.1 Å². The largest absolute Gasteiger partial charge is 0.354 e. The zero-order chi connectivity index (χ0) is 27.2. The van der Waals surface area contributed by atoms with Gasteiger partial charge in [0.1, 0.15) is 5.82 Å². The second-order valence-corrected chi connectivity index (χ2v) is 11.3. The number of ether oxygens (including phenoxy) is 2. The van der Waals surface area contributed by atoms with Crippen LogP contribution in [0, 0.1) is 5.41 Å². The molecule has 2 saturated heterocycles. The molecule has 2 aliphatic rings. The monoisotopic (exact) mass is 537 g/mol. The van der Waals surface area contributed by atoms with Crippen molar-refractivity contribution in [3.05, 3.63) is 90.9 Å². The topological polar surface area (TPSA) is 66.5 Å². The smallest absolute Gasteiger partial charge is 0.217 e. The highest BCUT2D eigenvalue weighted by atomic mass is 16.7. The van der Waals surface area contributed by atoms with Crippen molar-refractivity contribution in [2.45, 2.75) is 32.5 Å². The molecule has 208 valence electrons. The van der Waals surface area contributed by atoms with Gasteiger partial charge in [0.25, 0.3) is 0 Å². The van der Waals surface area contributed by atoms with Crippen molar-refractivity contribution in [3.8, 4) is 22.5 Å². The van der Waals surface area contributed by atoms with Gasteiger partial charge in [-0.2, -0.15) is 0 Å². The molecule has 0 saturated carbocycles. The first kappa shape index (κ1) is 26.7. The molecule has 0 atom stereocenters. The molecule has 4 aromatic rings. The van der Waals surface area contributed by atoms with Crippen molar-refractivity contribution in [3.63, 3.8) is 0 Å². The van der Waals surface area contributed by atoms with Crippen molar-refractivity contribution in [1.29, 1.82) is 0 Å². The van der Waals surface area contributed by atoms with Crippen molar-refractivity contribution < 1.29 is 9.47 Å². The van der Waals surface area contributed by atoms with Crippen molar-refractivity contribution in [1.82, 2.24) is 19.9 Å². The number of hydrogen-bond donors (Lipinski definition) is 1. The Bertz CT molecular complexity index is 1270. The van der Waals surface area contributed by atoms with Crippen LogP contribution >= 0.6 is 0 Å². The molecule has 2 aromatic heterocycles. The van der Waals surface area contributed by atoms with Gasteiger partial charge in [0.15, 0.2) is 5.82 Å². The number of imidazole rings is 1. The van der Waals surface area contributed by atoms with Gasteiger partial charge in [-0.3, -0.25) is 4.90 Å². The van der Waals surface area contributed by atoms with E-state index in [0.717, 1.165) is 73.3 Å². The van der Waals surface area contributed by atoms with E-state index >= 15 is 0 Å². The van der Waals surface area contributed by atoms with E-state index in [4.69, 9.17) is 14.5 Å². The normalized spacial score (nSPS) is 21.9. The molecule has 2 aliphatic heterocycles. The van der Waals surface area contributed by atoms with Crippen LogP contribution in [-0.4, -0.2) is 65.8 Å². The molecule has 40 heavy (non-hydrogen) atoms. The Morgan fingerprint density at radius 1 is 0.825 bits per heavy atom. The van der Waals surface area contributed by atoms with E-state index < -0.39 is 6.29 Å². The maximum Gasteiger partial charge on any atom is 0.217 e. The molecule has 0 bridgehead atoms. The molecule has 6 rings (SSSR count). The number of nitrogens with one attached hydrogen (secondary N) is 1. The molecular weight excluding hydrogens is 498 g/mol. The number of unbranched alkanes of at least 4 members (excludes halogenated alkanes) is 1. The van der Waals surface area contributed by atoms with Gasteiger partial charge in [0.2, 0.25) is 6.29 Å². The average Bonchev–Trinajstić information content (AvgIpc) is 3.47. The lowest BCUT2D eigenvalue weighted by Gasteiger charge is -2.37. The highest BCUT2D eigenvalue weighted by molar-refractivity contribution is 5.78. The number of H-pyrrole nitrogens is 1. The second kappa shape index (κ2) is 12.3. The summed E-state index contributed by atoms with van der Waals surface area (Å²) in [5, 5.41) is 0. The Kier molecular flexibility index (Phi) is 8.23. The Hall–Kier alpha value is -3.52. The number of pyridine rings is 1. The minimum absolute atomic E-state index is 0.0191. The summed E-state index contributed by atoms with van der Waals surface area (Å²) in [5.41, 5.74) is 4.10. The molecule has 0 spiro atoms. The van der Waals surface area contributed by atoms with Gasteiger partial charge in [-0.15, -0.1) is 0 Å². The minimum Gasteiger partial charge on any atom is -0.354 e. The first-order valence-corrected chi connectivity index (χ1v) is 14.5. The van der Waals surface area contributed by atoms with E-state index in [1.54, 1.807) is 0 Å². The van der Waals surface area contributed by atoms with Crippen LogP contribution in [0.2, 0.25) is 0 Å². The molecule has 7 nitrogen and oxygen atoms in total. The molecular formula is C33H39N5O2. The molecule has 4 heterocycles. The molecule has 0 unspecified atom stereocenters. The van der Waals surface area contributed by atoms with Gasteiger partial charge in [0, 0.05) is 48.9 Å². The number of anilines is 1. The van der Waals surface area contributed by atoms with Crippen molar-refractivity contribution in [2.75, 3.05) is 50.8 Å². The number of aromatic amines is 1. The zero-order valence-electron chi connectivity index (χ0n) is 23.3. The van der Waals surface area contributed by atoms with E-state index in [1.165, 1.54) is 12.8 Å². The summed E-state index contributed by atoms with van der Waals surface area (Å²) in [5.74, 6) is 1.82. The van der Waals surface area contributed by atoms with Crippen LogP contribution in [0.5, 0.6) is 0 Å². The van der Waals surface area contributed by atoms with E-state index in [-0.39, 0.29) is 5.41 Å². The number of nitrogens with zero attached hydrogens (tertiary/aromatic N) is 4. The molecule has 0 aliphatic carbocycles. The fourth-order valence-corrected chi connectivity index (χ4v) is 5.70. The van der Waals surface area contributed by atoms with Crippen LogP contribution in [0.3, 0.4) is 0 Å². The van der Waals surface area contributed by atoms with E-state index in [2.05, 4.69) is 63.1 Å². The first-order chi connectivity index (χ1) is 19.7. The van der Waals surface area contributed by atoms with Crippen LogP contribution in [-0.2, 0) is 9.47 Å². The number of aromatic nitrogens is 3. The lowest BCUT2D eigenvalue weighted by atomic mass is 9.86. The van der Waals surface area contributed by atoms with Gasteiger partial charge in [-0.05, 0) is 31.5 Å². The van der Waals surface area contributed by atoms with E-state index in [0.29, 0.717) is 13.2 Å². The maximum absolute atomic E-state index is 6.28. The van der Waals surface area contributed by atoms with Gasteiger partial charge < -0.3 is 19.4 Å². The van der Waals surface area contributed by atoms with Gasteiger partial charge in [-0.25, -0.2) is 9.97 Å². The summed E-state index contributed by atoms with van der Waals surface area (Å²) < 4.78 is 12.6. The third kappa shape index (κ3) is 6.28. The van der Waals surface area contributed by atoms with E-state index in [9.17, 15) is 0 Å². The van der Waals surface area contributed by atoms with E-state index in [1.807, 2.05) is 48.7 Å². The third-order valence-corrected chi connectivity index (χ3v) is 8.07. The first-order valence-electron chi connectivity index (χ1n) is 14.5. The summed E-state index contributed by atoms with van der Waals surface area (Å²) in [6, 6.07) is 26.8. The molecule has 2 aromatic carbocycles. The van der Waals surface area contributed by atoms with Crippen LogP contribution in [0.25, 0.3) is 22.5 Å². The highest BCUT2D eigenvalue weighted by Gasteiger charge is 2.35. The molecule has 1 N–H and O–H groups in total. The number of rotatable bonds is 9. The van der Waals surface area contributed by atoms with Gasteiger partial charge in [0.05, 0.1) is 24.6 Å². The fraction of sp³-hybridized carbons (Fsp3) is 0.394. The Balaban J connectivity index is 0.996. The van der Waals surface area contributed by atoms with Gasteiger partial charge >= 0.3 is 0 Å². The summed E-state index contributed by atoms with van der Waals surface area (Å²) in [6.07, 6.45) is 4.86. The number of hydrogen-bond acceptors (Lipinski definition) is 6. The van der Waals surface area contributed by atoms with Crippen molar-refractivity contribution >= 4 is 5.82 Å². The lowest BCUT2D eigenvalue weighted by molar-refractivity contribution is -0.235. The number of benzene rings is 2. The summed E-state index contributed by atoms with van der Waals surface area (Å²) in [6.45, 7) is 9.05. The fourth-order valence-electron chi connectivity index (χ4n) is 5.70. The molecule has 2 fully saturated rings. The standard InChI is InChI=1S/C33H39N5O2/c1-33(17-9-11-19-37-20-22-38(23-21-37)28-16-8-10-18-34-28)24-39-32(40-25-33)31-35-29(26-12-4-2-5-13-26)30(36-31)27-14-6-3-7-15-27/h2-8,10,12-16,18,32H,9,11,17,19-25H2,1H3,(H,35,36). The average molecular weight is 538 g/mol. The maximum atomic E-state index is 6.28. The van der Waals surface area contributed by atoms with Crippen LogP contribution in [0.1, 0.15) is 38.3 Å². The minimum atomic E-state index is -0.483. The molecule has 0 amide bonds. The zero-order valence-corrected chi connectivity index (χ0v) is 23.3. The Morgan fingerprint density at radius 2 is 1.50 bits per heavy atom. The van der Waals surface area contributed by atoms with Gasteiger partial charge in [-0.1, -0.05) is 80.1 Å². The predicted octanol–water partition coefficient (Wildman–Crippen LogP) is 6.18. The molecule has 0 radical (unpaired) electrons.